The van der Waals surface area contributed by atoms with Crippen LogP contribution in [0.3, 0.4) is 0 Å². The third-order valence-corrected chi connectivity index (χ3v) is 15.0. The summed E-state index contributed by atoms with van der Waals surface area (Å²) in [5, 5.41) is 18.6. The van der Waals surface area contributed by atoms with Crippen LogP contribution in [0.5, 0.6) is 0 Å². The standard InChI is InChI=1S/C43H31N7O17S5.Cu.5Na/c1-22-14-37(49-50-42-41(72(65,66)67)15-23-8-9-25(17-31(23)43(42)52)44-24-4-2-5-27(16-24)68(53,54)55)38(51)21-36(22)48-47-34-12-13-35(32-20-28(69(56,57)58)10-11-29(32)34)46-45-26-18-33-30(40(19-26)71(62,63)64)6-3-7-39(33)70(59,60)61;;;;;;/h2-21,44-46H,1H3,(H,53,54,55)(H,56,57,58)(H,59,60,61)(H,62,63,64)(H,65,66,67);;;;;;/q;;5*+1/b48-47?,49-37-,50-42+;;;;;;. The Morgan fingerprint density at radius 1 is 0.487 bits per heavy atom. The fraction of sp³-hybridized carbons (Fsp3) is 0.0233. The van der Waals surface area contributed by atoms with E-state index in [0.717, 1.165) is 60.7 Å². The third-order valence-electron chi connectivity index (χ3n) is 10.6. The van der Waals surface area contributed by atoms with Crippen LogP contribution in [0.2, 0.25) is 0 Å². The van der Waals surface area contributed by atoms with Crippen LogP contribution in [0.1, 0.15) is 22.8 Å². The Kier molecular flexibility index (Phi) is 25.7. The zero-order valence-electron chi connectivity index (χ0n) is 41.3. The number of ketones is 2. The van der Waals surface area contributed by atoms with E-state index < -0.39 is 98.1 Å². The molecule has 8 rings (SSSR count). The predicted octanol–water partition coefficient (Wildman–Crippen LogP) is -8.40. The van der Waals surface area contributed by atoms with Crippen LogP contribution in [0.25, 0.3) is 27.6 Å². The fourth-order valence-electron chi connectivity index (χ4n) is 7.30. The number of Topliss-reactive ketones (excluding diaryl/α,β-unsaturated/α-hetero) is 1. The molecule has 6 aromatic rings. The maximum absolute atomic E-state index is 13.8. The van der Waals surface area contributed by atoms with Crippen molar-refractivity contribution in [1.82, 2.24) is 0 Å². The minimum atomic E-state index is -5.11. The quantitative estimate of drug-likeness (QED) is 0.0175. The first-order valence-corrected chi connectivity index (χ1v) is 27.1. The van der Waals surface area contributed by atoms with Gasteiger partial charge in [0.25, 0.3) is 50.6 Å². The predicted molar refractivity (Wildman–Crippen MR) is 261 cm³/mol. The second-order valence-electron chi connectivity index (χ2n) is 15.4. The van der Waals surface area contributed by atoms with Crippen molar-refractivity contribution in [3.63, 3.8) is 0 Å². The number of hydrogen-bond donors (Lipinski definition) is 8. The molecule has 0 bridgehead atoms. The van der Waals surface area contributed by atoms with E-state index in [1.54, 1.807) is 0 Å². The summed E-state index contributed by atoms with van der Waals surface area (Å²) in [6.07, 6.45) is 3.14. The van der Waals surface area contributed by atoms with Crippen molar-refractivity contribution < 1.29 is 239 Å². The van der Waals surface area contributed by atoms with Crippen molar-refractivity contribution in [2.75, 3.05) is 16.2 Å². The maximum atomic E-state index is 13.8. The summed E-state index contributed by atoms with van der Waals surface area (Å²) in [6, 6.07) is 20.7. The van der Waals surface area contributed by atoms with E-state index in [1.165, 1.54) is 67.6 Å². The molecular formula is C43H31CuN7Na5O17S5+5. The third kappa shape index (κ3) is 16.5. The zero-order chi connectivity index (χ0) is 52.3. The van der Waals surface area contributed by atoms with E-state index in [-0.39, 0.29) is 237 Å². The van der Waals surface area contributed by atoms with Crippen molar-refractivity contribution in [3.05, 3.63) is 143 Å². The molecule has 0 unspecified atom stereocenters. The maximum Gasteiger partial charge on any atom is 1.00 e. The first-order chi connectivity index (χ1) is 33.6. The van der Waals surface area contributed by atoms with Crippen LogP contribution in [-0.2, 0) is 72.5 Å². The van der Waals surface area contributed by atoms with Crippen LogP contribution in [0.15, 0.2) is 171 Å². The number of allylic oxidation sites excluding steroid dienone is 4. The Labute approximate surface area is 566 Å². The normalized spacial score (nSPS) is 14.7. The molecule has 0 atom stereocenters. The fourth-order valence-corrected chi connectivity index (χ4v) is 10.4. The molecule has 0 aromatic heterocycles. The molecule has 24 nitrogen and oxygen atoms in total. The second kappa shape index (κ2) is 27.9. The molecule has 0 heterocycles. The number of anilines is 4. The van der Waals surface area contributed by atoms with Gasteiger partial charge in [-0.15, -0.1) is 15.3 Å². The van der Waals surface area contributed by atoms with Gasteiger partial charge in [0.05, 0.1) is 32.6 Å². The molecule has 0 aliphatic heterocycles. The van der Waals surface area contributed by atoms with Crippen LogP contribution < -0.4 is 164 Å². The Morgan fingerprint density at radius 2 is 1.12 bits per heavy atom. The molecular weight excluding hydrogens is 1230 g/mol. The number of rotatable bonds is 13. The van der Waals surface area contributed by atoms with Crippen LogP contribution in [0, 0.1) is 0 Å². The Hall–Kier alpha value is -2.19. The van der Waals surface area contributed by atoms with Gasteiger partial charge in [0.1, 0.15) is 20.4 Å². The van der Waals surface area contributed by atoms with Gasteiger partial charge in [0.2, 0.25) is 11.6 Å². The van der Waals surface area contributed by atoms with E-state index in [9.17, 15) is 74.4 Å². The van der Waals surface area contributed by atoms with E-state index in [1.807, 2.05) is 0 Å². The SMILES string of the molecule is CC1=C/C(=N/N=C2/C(=O)c3cc(Nc4cccc(S(=O)(=O)O)c4)ccc3C=C2S(=O)(=O)O)C(=O)C=C1N=Nc1ccc(NNc2cc(S(=O)(=O)O)c3cccc(S(=O)(=O)O)c3c2)c2cc(S(=O)(=O)O)ccc12.[Cu].[Na+].[Na+].[Na+].[Na+].[Na+]. The summed E-state index contributed by atoms with van der Waals surface area (Å²) < 4.78 is 171. The van der Waals surface area contributed by atoms with Gasteiger partial charge in [-0.1, -0.05) is 30.3 Å². The monoisotopic (exact) mass is 1250 g/mol. The molecule has 0 spiro atoms. The number of nitrogens with zero attached hydrogens (tertiary/aromatic N) is 4. The summed E-state index contributed by atoms with van der Waals surface area (Å²) in [5.74, 6) is -1.88. The van der Waals surface area contributed by atoms with Crippen LogP contribution in [0.4, 0.5) is 28.4 Å². The smallest absolute Gasteiger partial charge is 0.355 e. The van der Waals surface area contributed by atoms with E-state index >= 15 is 0 Å². The first kappa shape index (κ1) is 71.9. The number of carbonyl (C=O) groups excluding carboxylic acids is 2. The Morgan fingerprint density at radius 3 is 1.74 bits per heavy atom. The average Bonchev–Trinajstić information content (AvgIpc) is 3.29. The molecule has 8 N–H and O–H groups in total. The number of hydrogen-bond acceptors (Lipinski definition) is 19. The molecule has 0 saturated heterocycles. The molecule has 0 fully saturated rings. The molecule has 35 heteroatoms. The molecule has 381 valence electrons. The summed E-state index contributed by atoms with van der Waals surface area (Å²) in [5.41, 5.74) is 4.61. The molecule has 0 amide bonds. The van der Waals surface area contributed by atoms with E-state index in [4.69, 9.17) is 0 Å². The summed E-state index contributed by atoms with van der Waals surface area (Å²) in [7, 11) is -24.4. The molecule has 1 radical (unpaired) electrons. The zero-order valence-corrected chi connectivity index (χ0v) is 56.3. The van der Waals surface area contributed by atoms with Gasteiger partial charge >= 0.3 is 148 Å². The van der Waals surface area contributed by atoms with Crippen molar-refractivity contribution in [1.29, 1.82) is 0 Å². The van der Waals surface area contributed by atoms with E-state index in [0.29, 0.717) is 0 Å². The molecule has 2 aliphatic rings. The largest absolute Gasteiger partial charge is 1.00 e. The number of fused-ring (bicyclic) bond motifs is 3. The topological polar surface area (TPSA) is 392 Å². The van der Waals surface area contributed by atoms with Gasteiger partial charge in [0.15, 0.2) is 5.71 Å². The summed E-state index contributed by atoms with van der Waals surface area (Å²) >= 11 is 0. The van der Waals surface area contributed by atoms with Crippen LogP contribution in [-0.4, -0.2) is 87.8 Å². The van der Waals surface area contributed by atoms with Gasteiger partial charge in [-0.05, 0) is 103 Å². The molecule has 78 heavy (non-hydrogen) atoms. The van der Waals surface area contributed by atoms with Crippen molar-refractivity contribution in [2.45, 2.75) is 26.5 Å². The van der Waals surface area contributed by atoms with Crippen molar-refractivity contribution >= 4 is 130 Å². The van der Waals surface area contributed by atoms with Gasteiger partial charge < -0.3 is 16.2 Å². The minimum Gasteiger partial charge on any atom is -0.355 e. The Bertz CT molecular complexity index is 4240. The molecule has 6 aromatic carbocycles. The molecule has 2 aliphatic carbocycles. The van der Waals surface area contributed by atoms with Crippen molar-refractivity contribution in [2.24, 2.45) is 20.4 Å². The van der Waals surface area contributed by atoms with Gasteiger partial charge in [-0.2, -0.15) is 47.2 Å². The number of benzene rings is 6. The van der Waals surface area contributed by atoms with Gasteiger partial charge in [-0.25, -0.2) is 0 Å². The summed E-state index contributed by atoms with van der Waals surface area (Å²) in [4.78, 5) is 23.8. The Balaban J connectivity index is 0.00000347. The number of azo groups is 1. The summed E-state index contributed by atoms with van der Waals surface area (Å²) in [6.45, 7) is 1.49. The second-order valence-corrected chi connectivity index (χ2v) is 22.5. The number of carbonyl (C=O) groups is 2. The minimum absolute atomic E-state index is 0. The molecule has 0 saturated carbocycles. The first-order valence-electron chi connectivity index (χ1n) is 19.9. The van der Waals surface area contributed by atoms with Crippen molar-refractivity contribution in [3.8, 4) is 0 Å². The number of hydrazine groups is 1. The van der Waals surface area contributed by atoms with E-state index in [2.05, 4.69) is 36.6 Å². The van der Waals surface area contributed by atoms with Gasteiger partial charge in [-0.3, -0.25) is 32.4 Å². The average molecular weight is 1260 g/mol. The number of nitrogens with one attached hydrogen (secondary N) is 3. The van der Waals surface area contributed by atoms with Gasteiger partial charge in [0, 0.05) is 61.6 Å². The van der Waals surface area contributed by atoms with Crippen LogP contribution >= 0.6 is 0 Å².